The predicted octanol–water partition coefficient (Wildman–Crippen LogP) is 3.32. The normalized spacial score (nSPS) is 10.6. The summed E-state index contributed by atoms with van der Waals surface area (Å²) in [5.41, 5.74) is 2.64. The second kappa shape index (κ2) is 10.2. The van der Waals surface area contributed by atoms with Gasteiger partial charge in [-0.25, -0.2) is 4.79 Å². The lowest BCUT2D eigenvalue weighted by atomic mass is 10.2. The molecule has 0 fully saturated rings. The van der Waals surface area contributed by atoms with Crippen molar-refractivity contribution >= 4 is 23.6 Å². The van der Waals surface area contributed by atoms with E-state index in [-0.39, 0.29) is 5.97 Å². The molecular weight excluding hydrogens is 274 g/mol. The van der Waals surface area contributed by atoms with Crippen molar-refractivity contribution in [2.75, 3.05) is 34.3 Å². The van der Waals surface area contributed by atoms with Crippen LogP contribution in [0.15, 0.2) is 48.5 Å². The van der Waals surface area contributed by atoms with E-state index < -0.39 is 0 Å². The van der Waals surface area contributed by atoms with Crippen molar-refractivity contribution in [1.82, 2.24) is 0 Å². The first-order valence-corrected chi connectivity index (χ1v) is 6.74. The molecule has 110 valence electrons. The molecule has 0 aromatic heterocycles. The summed E-state index contributed by atoms with van der Waals surface area (Å²) in [4.78, 5) is 10.6. The third-order valence-corrected chi connectivity index (χ3v) is 2.35. The lowest BCUT2D eigenvalue weighted by molar-refractivity contribution is -0.870. The second-order valence-corrected chi connectivity index (χ2v) is 5.34. The van der Waals surface area contributed by atoms with Crippen molar-refractivity contribution in [2.45, 2.75) is 0 Å². The van der Waals surface area contributed by atoms with Gasteiger partial charge in [-0.2, -0.15) is 0 Å². The Morgan fingerprint density at radius 3 is 2.35 bits per heavy atom. The quantitative estimate of drug-likeness (QED) is 0.473. The van der Waals surface area contributed by atoms with Crippen molar-refractivity contribution in [3.05, 3.63) is 54.1 Å². The largest absolute Gasteiger partial charge is 0.457 e. The monoisotopic (exact) mass is 296 g/mol. The zero-order chi connectivity index (χ0) is 15.4. The summed E-state index contributed by atoms with van der Waals surface area (Å²) < 4.78 is 5.59. The van der Waals surface area contributed by atoms with Crippen LogP contribution in [0.1, 0.15) is 5.56 Å². The molecule has 0 aliphatic rings. The molecule has 1 rings (SSSR count). The van der Waals surface area contributed by atoms with Crippen LogP contribution in [0.3, 0.4) is 0 Å². The first-order valence-electron chi connectivity index (χ1n) is 6.30. The number of hydrogen-bond acceptors (Lipinski definition) is 2. The molecular formula is C16H23ClNO2+. The molecule has 0 spiro atoms. The van der Waals surface area contributed by atoms with Gasteiger partial charge in [-0.05, 0) is 11.6 Å². The van der Waals surface area contributed by atoms with Crippen LogP contribution in [0.4, 0.5) is 0 Å². The maximum Gasteiger partial charge on any atom is 0.330 e. The number of hydrogen-bond donors (Lipinski definition) is 0. The predicted molar refractivity (Wildman–Crippen MR) is 85.4 cm³/mol. The maximum absolute atomic E-state index is 10.6. The van der Waals surface area contributed by atoms with E-state index in [9.17, 15) is 4.79 Å². The van der Waals surface area contributed by atoms with Gasteiger partial charge in [0.05, 0.1) is 21.1 Å². The van der Waals surface area contributed by atoms with Crippen molar-refractivity contribution in [3.8, 4) is 0 Å². The highest BCUT2D eigenvalue weighted by Gasteiger charge is 2.06. The van der Waals surface area contributed by atoms with E-state index in [0.29, 0.717) is 6.61 Å². The number of benzene rings is 1. The first-order chi connectivity index (χ1) is 9.39. The summed E-state index contributed by atoms with van der Waals surface area (Å²) in [6.07, 6.45) is 3.03. The Kier molecular flexibility index (Phi) is 9.43. The highest BCUT2D eigenvalue weighted by atomic mass is 35.5. The number of likely N-dealkylation sites (N-methyl/N-ethyl adjacent to an activating group) is 1. The number of halogens is 1. The van der Waals surface area contributed by atoms with Crippen LogP contribution >= 0.6 is 11.6 Å². The van der Waals surface area contributed by atoms with Crippen LogP contribution in [0.5, 0.6) is 0 Å². The smallest absolute Gasteiger partial charge is 0.330 e. The Morgan fingerprint density at radius 1 is 1.30 bits per heavy atom. The molecule has 1 aromatic carbocycles. The van der Waals surface area contributed by atoms with Crippen LogP contribution in [0.2, 0.25) is 0 Å². The Hall–Kier alpha value is -1.58. The molecule has 0 amide bonds. The third kappa shape index (κ3) is 11.5. The van der Waals surface area contributed by atoms with Gasteiger partial charge in [0.15, 0.2) is 0 Å². The fraction of sp³-hybridized carbons (Fsp3) is 0.312. The average molecular weight is 297 g/mol. The van der Waals surface area contributed by atoms with Crippen molar-refractivity contribution < 1.29 is 14.0 Å². The van der Waals surface area contributed by atoms with Gasteiger partial charge >= 0.3 is 5.97 Å². The SMILES string of the molecule is C=CC(=O)OCC[N+](C)(C)C.ClC=Cc1ccccc1. The highest BCUT2D eigenvalue weighted by molar-refractivity contribution is 6.27. The summed E-state index contributed by atoms with van der Waals surface area (Å²) in [6, 6.07) is 9.93. The van der Waals surface area contributed by atoms with Crippen LogP contribution in [0.25, 0.3) is 6.08 Å². The molecule has 3 nitrogen and oxygen atoms in total. The second-order valence-electron chi connectivity index (χ2n) is 5.09. The summed E-state index contributed by atoms with van der Waals surface area (Å²) in [5, 5.41) is 0. The summed E-state index contributed by atoms with van der Waals surface area (Å²) >= 11 is 5.36. The Labute approximate surface area is 126 Å². The van der Waals surface area contributed by atoms with Gasteiger partial charge in [0.2, 0.25) is 0 Å². The number of esters is 1. The van der Waals surface area contributed by atoms with Crippen molar-refractivity contribution in [3.63, 3.8) is 0 Å². The zero-order valence-electron chi connectivity index (χ0n) is 12.4. The minimum absolute atomic E-state index is 0.349. The van der Waals surface area contributed by atoms with Crippen LogP contribution in [-0.4, -0.2) is 44.7 Å². The summed E-state index contributed by atoms with van der Waals surface area (Å²) in [6.45, 7) is 4.57. The average Bonchev–Trinajstić information content (AvgIpc) is 2.39. The van der Waals surface area contributed by atoms with Crippen molar-refractivity contribution in [2.24, 2.45) is 0 Å². The minimum atomic E-state index is -0.349. The van der Waals surface area contributed by atoms with Gasteiger partial charge in [0.25, 0.3) is 0 Å². The molecule has 0 radical (unpaired) electrons. The van der Waals surface area contributed by atoms with Gasteiger partial charge in [0.1, 0.15) is 13.2 Å². The van der Waals surface area contributed by atoms with Crippen LogP contribution < -0.4 is 0 Å². The van der Waals surface area contributed by atoms with Gasteiger partial charge in [-0.3, -0.25) is 0 Å². The number of rotatable bonds is 5. The number of ether oxygens (including phenoxy) is 1. The number of carbonyl (C=O) groups excluding carboxylic acids is 1. The molecule has 0 N–H and O–H groups in total. The lowest BCUT2D eigenvalue weighted by Crippen LogP contribution is -2.37. The third-order valence-electron chi connectivity index (χ3n) is 2.23. The minimum Gasteiger partial charge on any atom is -0.457 e. The Balaban J connectivity index is 0.000000367. The molecule has 0 saturated carbocycles. The van der Waals surface area contributed by atoms with Gasteiger partial charge in [-0.15, -0.1) is 0 Å². The standard InChI is InChI=1S/C8H7Cl.C8H16NO2/c9-7-6-8-4-2-1-3-5-8;1-5-8(10)11-7-6-9(2,3)4/h1-7H;5H,1,6-7H2,2-4H3/q;+1. The molecule has 0 atom stereocenters. The number of carbonyl (C=O) groups is 1. The first kappa shape index (κ1) is 18.4. The molecule has 0 aliphatic heterocycles. The van der Waals surface area contributed by atoms with Gasteiger partial charge < -0.3 is 9.22 Å². The molecule has 0 heterocycles. The van der Waals surface area contributed by atoms with Crippen LogP contribution in [-0.2, 0) is 9.53 Å². The topological polar surface area (TPSA) is 26.3 Å². The molecule has 20 heavy (non-hydrogen) atoms. The Morgan fingerprint density at radius 2 is 1.90 bits per heavy atom. The fourth-order valence-electron chi connectivity index (χ4n) is 1.12. The number of nitrogens with zero attached hydrogens (tertiary/aromatic N) is 1. The fourth-order valence-corrected chi connectivity index (χ4v) is 1.26. The van der Waals surface area contributed by atoms with E-state index in [1.54, 1.807) is 0 Å². The van der Waals surface area contributed by atoms with E-state index in [4.69, 9.17) is 16.3 Å². The van der Waals surface area contributed by atoms with Gasteiger partial charge in [-0.1, -0.05) is 48.5 Å². The highest BCUT2D eigenvalue weighted by Crippen LogP contribution is 2.00. The van der Waals surface area contributed by atoms with E-state index in [1.807, 2.05) is 57.6 Å². The summed E-state index contributed by atoms with van der Waals surface area (Å²) in [5.74, 6) is -0.349. The summed E-state index contributed by atoms with van der Waals surface area (Å²) in [7, 11) is 6.13. The molecule has 0 unspecified atom stereocenters. The molecule has 0 aliphatic carbocycles. The van der Waals surface area contributed by atoms with E-state index >= 15 is 0 Å². The van der Waals surface area contributed by atoms with Gasteiger partial charge in [0, 0.05) is 11.6 Å². The van der Waals surface area contributed by atoms with E-state index in [2.05, 4.69) is 6.58 Å². The molecule has 0 saturated heterocycles. The van der Waals surface area contributed by atoms with E-state index in [1.165, 1.54) is 11.6 Å². The number of quaternary nitrogens is 1. The Bertz CT molecular complexity index is 422. The molecule has 4 heteroatoms. The van der Waals surface area contributed by atoms with E-state index in [0.717, 1.165) is 16.6 Å². The maximum atomic E-state index is 10.6. The zero-order valence-corrected chi connectivity index (χ0v) is 13.1. The van der Waals surface area contributed by atoms with Crippen LogP contribution in [0, 0.1) is 0 Å². The van der Waals surface area contributed by atoms with Crippen molar-refractivity contribution in [1.29, 1.82) is 0 Å². The lowest BCUT2D eigenvalue weighted by Gasteiger charge is -2.23. The molecule has 1 aromatic rings. The molecule has 0 bridgehead atoms.